The summed E-state index contributed by atoms with van der Waals surface area (Å²) in [6.07, 6.45) is 3.17. The molecule has 8 heteroatoms. The van der Waals surface area contributed by atoms with Gasteiger partial charge in [0.05, 0.1) is 22.3 Å². The number of piperidine rings is 1. The van der Waals surface area contributed by atoms with E-state index in [0.717, 1.165) is 51.3 Å². The summed E-state index contributed by atoms with van der Waals surface area (Å²) in [5.41, 5.74) is 5.56. The Morgan fingerprint density at radius 3 is 2.35 bits per heavy atom. The summed E-state index contributed by atoms with van der Waals surface area (Å²) < 4.78 is 4.50. The Bertz CT molecular complexity index is 1190. The van der Waals surface area contributed by atoms with Crippen molar-refractivity contribution in [1.29, 1.82) is 0 Å². The van der Waals surface area contributed by atoms with Gasteiger partial charge in [0, 0.05) is 44.0 Å². The van der Waals surface area contributed by atoms with Crippen LogP contribution in [-0.2, 0) is 4.79 Å². The van der Waals surface area contributed by atoms with Gasteiger partial charge in [0.25, 0.3) is 5.91 Å². The number of anilines is 2. The Labute approximate surface area is 205 Å². The molecule has 3 aromatic rings. The third kappa shape index (κ3) is 4.78. The molecule has 1 aromatic carbocycles. The second-order valence-corrected chi connectivity index (χ2v) is 9.82. The summed E-state index contributed by atoms with van der Waals surface area (Å²) in [5, 5.41) is 4.07. The fourth-order valence-electron chi connectivity index (χ4n) is 4.86. The topological polar surface area (TPSA) is 78.4 Å². The predicted octanol–water partition coefficient (Wildman–Crippen LogP) is 4.95. The Kier molecular flexibility index (Phi) is 7.16. The van der Waals surface area contributed by atoms with Crippen LogP contribution in [0.2, 0.25) is 0 Å². The van der Waals surface area contributed by atoms with Crippen LogP contribution in [0.1, 0.15) is 53.9 Å². The van der Waals surface area contributed by atoms with E-state index in [1.54, 1.807) is 6.20 Å². The fourth-order valence-corrected chi connectivity index (χ4v) is 5.61. The average molecular weight is 480 g/mol. The van der Waals surface area contributed by atoms with Crippen LogP contribution in [0.15, 0.2) is 24.4 Å². The van der Waals surface area contributed by atoms with Gasteiger partial charge in [-0.3, -0.25) is 9.59 Å². The molecule has 2 amide bonds. The minimum absolute atomic E-state index is 0.00492. The first kappa shape index (κ1) is 24.1. The zero-order valence-electron chi connectivity index (χ0n) is 20.6. The smallest absolute Gasteiger partial charge is 0.257 e. The molecule has 0 atom stereocenters. The van der Waals surface area contributed by atoms with Crippen molar-refractivity contribution < 1.29 is 9.59 Å². The largest absolute Gasteiger partial charge is 0.370 e. The molecule has 4 rings (SSSR count). The molecule has 3 heterocycles. The highest BCUT2D eigenvalue weighted by Crippen LogP contribution is 2.37. The number of rotatable bonds is 6. The number of hydrogen-bond donors (Lipinski definition) is 1. The first-order chi connectivity index (χ1) is 16.3. The summed E-state index contributed by atoms with van der Waals surface area (Å²) in [4.78, 5) is 35.8. The van der Waals surface area contributed by atoms with Crippen LogP contribution in [0.5, 0.6) is 0 Å². The lowest BCUT2D eigenvalue weighted by atomic mass is 9.94. The van der Waals surface area contributed by atoms with E-state index < -0.39 is 0 Å². The van der Waals surface area contributed by atoms with Gasteiger partial charge < -0.3 is 15.1 Å². The second-order valence-electron chi connectivity index (χ2n) is 9.07. The number of carbonyl (C=O) groups excluding carboxylic acids is 2. The highest BCUT2D eigenvalue weighted by molar-refractivity contribution is 7.13. The number of amides is 2. The third-order valence-electron chi connectivity index (χ3n) is 6.60. The number of aromatic nitrogens is 2. The Balaban J connectivity index is 1.56. The molecule has 0 unspecified atom stereocenters. The van der Waals surface area contributed by atoms with Gasteiger partial charge in [0.2, 0.25) is 5.91 Å². The fraction of sp³-hybridized carbons (Fsp3) is 0.462. The Morgan fingerprint density at radius 2 is 1.74 bits per heavy atom. The highest BCUT2D eigenvalue weighted by Gasteiger charge is 2.30. The highest BCUT2D eigenvalue weighted by atomic mass is 32.1. The molecule has 0 aliphatic carbocycles. The molecule has 180 valence electrons. The minimum Gasteiger partial charge on any atom is -0.370 e. The Hall–Kier alpha value is -3.00. The van der Waals surface area contributed by atoms with Gasteiger partial charge in [-0.1, -0.05) is 6.07 Å². The summed E-state index contributed by atoms with van der Waals surface area (Å²) in [6.45, 7) is 12.7. The van der Waals surface area contributed by atoms with Crippen LogP contribution in [0.4, 0.5) is 11.4 Å². The third-order valence-corrected chi connectivity index (χ3v) is 7.45. The van der Waals surface area contributed by atoms with Gasteiger partial charge in [-0.2, -0.15) is 4.37 Å². The molecule has 2 aromatic heterocycles. The van der Waals surface area contributed by atoms with Crippen molar-refractivity contribution in [2.24, 2.45) is 5.92 Å². The zero-order chi connectivity index (χ0) is 24.4. The summed E-state index contributed by atoms with van der Waals surface area (Å²) in [7, 11) is 0. The molecular formula is C26H33N5O2S. The molecule has 1 saturated heterocycles. The van der Waals surface area contributed by atoms with Crippen LogP contribution >= 0.6 is 11.5 Å². The number of aryl methyl sites for hydroxylation is 3. The van der Waals surface area contributed by atoms with Crippen molar-refractivity contribution in [3.8, 4) is 0 Å². The van der Waals surface area contributed by atoms with Gasteiger partial charge in [-0.25, -0.2) is 4.98 Å². The van der Waals surface area contributed by atoms with E-state index in [4.69, 9.17) is 0 Å². The lowest BCUT2D eigenvalue weighted by molar-refractivity contribution is -0.120. The number of carbonyl (C=O) groups is 2. The van der Waals surface area contributed by atoms with Crippen molar-refractivity contribution in [2.45, 2.75) is 47.5 Å². The monoisotopic (exact) mass is 479 g/mol. The zero-order valence-corrected chi connectivity index (χ0v) is 21.5. The maximum Gasteiger partial charge on any atom is 0.257 e. The first-order valence-electron chi connectivity index (χ1n) is 12.0. The molecular weight excluding hydrogens is 446 g/mol. The summed E-state index contributed by atoms with van der Waals surface area (Å²) in [6, 6.07) is 6.11. The van der Waals surface area contributed by atoms with Crippen LogP contribution in [0.3, 0.4) is 0 Å². The van der Waals surface area contributed by atoms with Gasteiger partial charge in [-0.05, 0) is 82.3 Å². The van der Waals surface area contributed by atoms with E-state index in [9.17, 15) is 9.59 Å². The van der Waals surface area contributed by atoms with Gasteiger partial charge in [0.1, 0.15) is 4.83 Å². The number of hydrogen-bond acceptors (Lipinski definition) is 6. The van der Waals surface area contributed by atoms with Crippen molar-refractivity contribution in [1.82, 2.24) is 14.3 Å². The van der Waals surface area contributed by atoms with Crippen LogP contribution in [0, 0.1) is 26.7 Å². The van der Waals surface area contributed by atoms with E-state index >= 15 is 0 Å². The standard InChI is InChI=1S/C26H33N5O2S/c1-6-30(7-2)26(33)21-15-27-25-22(18(5)29-34-25)23(21)31-10-8-19(9-11-31)24(32)28-20-13-16(3)12-17(4)14-20/h12-15,19H,6-11H2,1-5H3,(H,28,32). The van der Waals surface area contributed by atoms with Crippen molar-refractivity contribution >= 4 is 44.9 Å². The molecule has 0 saturated carbocycles. The number of pyridine rings is 1. The van der Waals surface area contributed by atoms with E-state index in [-0.39, 0.29) is 17.7 Å². The van der Waals surface area contributed by atoms with Gasteiger partial charge in [-0.15, -0.1) is 0 Å². The molecule has 7 nitrogen and oxygen atoms in total. The molecule has 1 fully saturated rings. The Morgan fingerprint density at radius 1 is 1.09 bits per heavy atom. The second kappa shape index (κ2) is 10.1. The van der Waals surface area contributed by atoms with E-state index in [0.29, 0.717) is 31.7 Å². The average Bonchev–Trinajstić information content (AvgIpc) is 3.19. The normalized spacial score (nSPS) is 14.4. The molecule has 0 bridgehead atoms. The minimum atomic E-state index is -0.0574. The van der Waals surface area contributed by atoms with Crippen molar-refractivity contribution in [3.63, 3.8) is 0 Å². The maximum absolute atomic E-state index is 13.4. The SMILES string of the molecule is CCN(CC)C(=O)c1cnc2snc(C)c2c1N1CCC(C(=O)Nc2cc(C)cc(C)c2)CC1. The molecule has 34 heavy (non-hydrogen) atoms. The number of nitrogens with one attached hydrogen (secondary N) is 1. The number of benzene rings is 1. The maximum atomic E-state index is 13.4. The van der Waals surface area contributed by atoms with E-state index in [2.05, 4.69) is 25.6 Å². The van der Waals surface area contributed by atoms with E-state index in [1.807, 2.05) is 51.7 Å². The van der Waals surface area contributed by atoms with Crippen molar-refractivity contribution in [2.75, 3.05) is 36.4 Å². The lowest BCUT2D eigenvalue weighted by Gasteiger charge is -2.35. The molecule has 0 radical (unpaired) electrons. The molecule has 1 aliphatic rings. The van der Waals surface area contributed by atoms with Gasteiger partial charge >= 0.3 is 0 Å². The lowest BCUT2D eigenvalue weighted by Crippen LogP contribution is -2.40. The number of fused-ring (bicyclic) bond motifs is 1. The predicted molar refractivity (Wildman–Crippen MR) is 139 cm³/mol. The van der Waals surface area contributed by atoms with Crippen LogP contribution in [-0.4, -0.2) is 52.3 Å². The molecule has 1 aliphatic heterocycles. The van der Waals surface area contributed by atoms with Gasteiger partial charge in [0.15, 0.2) is 0 Å². The quantitative estimate of drug-likeness (QED) is 0.541. The molecule has 1 N–H and O–H groups in total. The van der Waals surface area contributed by atoms with Crippen molar-refractivity contribution in [3.05, 3.63) is 46.8 Å². The van der Waals surface area contributed by atoms with E-state index in [1.165, 1.54) is 11.5 Å². The van der Waals surface area contributed by atoms with Crippen LogP contribution in [0.25, 0.3) is 10.2 Å². The van der Waals surface area contributed by atoms with Crippen LogP contribution < -0.4 is 10.2 Å². The molecule has 0 spiro atoms. The summed E-state index contributed by atoms with van der Waals surface area (Å²) in [5.74, 6) is 0.00468. The summed E-state index contributed by atoms with van der Waals surface area (Å²) >= 11 is 1.36. The first-order valence-corrected chi connectivity index (χ1v) is 12.8. The number of nitrogens with zero attached hydrogens (tertiary/aromatic N) is 4.